The molecule has 0 spiro atoms. The number of methoxy groups -OCH3 is 1. The lowest BCUT2D eigenvalue weighted by Crippen LogP contribution is -2.11. The molecule has 0 atom stereocenters. The van der Waals surface area contributed by atoms with Crippen LogP contribution in [0, 0.1) is 6.92 Å². The van der Waals surface area contributed by atoms with E-state index in [1.165, 1.54) is 5.56 Å². The predicted octanol–water partition coefficient (Wildman–Crippen LogP) is 2.31. The minimum Gasteiger partial charge on any atom is -0.497 e. The van der Waals surface area contributed by atoms with Gasteiger partial charge in [0.2, 0.25) is 0 Å². The second-order valence-corrected chi connectivity index (χ2v) is 4.17. The van der Waals surface area contributed by atoms with E-state index in [-0.39, 0.29) is 0 Å². The average Bonchev–Trinajstić information content (AvgIpc) is 2.36. The molecule has 0 fully saturated rings. The summed E-state index contributed by atoms with van der Waals surface area (Å²) < 4.78 is 5.23. The molecule has 0 aliphatic carbocycles. The van der Waals surface area contributed by atoms with Crippen molar-refractivity contribution in [3.63, 3.8) is 0 Å². The quantitative estimate of drug-likeness (QED) is 0.875. The molecule has 0 aliphatic rings. The highest BCUT2D eigenvalue weighted by molar-refractivity contribution is 5.83. The van der Waals surface area contributed by atoms with Gasteiger partial charge in [0, 0.05) is 24.0 Å². The van der Waals surface area contributed by atoms with Gasteiger partial charge in [0.15, 0.2) is 0 Å². The number of nitrogens with one attached hydrogen (secondary N) is 1. The van der Waals surface area contributed by atoms with Crippen molar-refractivity contribution < 1.29 is 4.74 Å². The van der Waals surface area contributed by atoms with Gasteiger partial charge in [-0.25, -0.2) is 0 Å². The van der Waals surface area contributed by atoms with E-state index in [0.717, 1.165) is 35.3 Å². The van der Waals surface area contributed by atoms with Gasteiger partial charge in [0.1, 0.15) is 5.75 Å². The molecule has 0 radical (unpaired) electrons. The minimum absolute atomic E-state index is 0.880. The molecule has 17 heavy (non-hydrogen) atoms. The third kappa shape index (κ3) is 2.56. The first-order chi connectivity index (χ1) is 8.24. The van der Waals surface area contributed by atoms with Crippen LogP contribution in [0.1, 0.15) is 11.3 Å². The number of nitrogens with zero attached hydrogens (tertiary/aromatic N) is 1. The number of aryl methyl sites for hydroxylation is 1. The molecular formula is C14H18N2O. The zero-order chi connectivity index (χ0) is 12.3. The van der Waals surface area contributed by atoms with Gasteiger partial charge in [-0.2, -0.15) is 0 Å². The lowest BCUT2D eigenvalue weighted by atomic mass is 10.1. The lowest BCUT2D eigenvalue weighted by Gasteiger charge is -2.08. The van der Waals surface area contributed by atoms with E-state index in [0.29, 0.717) is 0 Å². The number of aromatic nitrogens is 1. The number of rotatable bonds is 4. The van der Waals surface area contributed by atoms with E-state index in [1.54, 1.807) is 7.11 Å². The van der Waals surface area contributed by atoms with Crippen molar-refractivity contribution in [2.45, 2.75) is 13.3 Å². The number of hydrogen-bond acceptors (Lipinski definition) is 3. The van der Waals surface area contributed by atoms with Crippen molar-refractivity contribution in [2.75, 3.05) is 20.7 Å². The molecule has 3 heteroatoms. The summed E-state index contributed by atoms with van der Waals surface area (Å²) >= 11 is 0. The molecule has 1 aromatic heterocycles. The summed E-state index contributed by atoms with van der Waals surface area (Å²) in [6.45, 7) is 3.07. The minimum atomic E-state index is 0.880. The highest BCUT2D eigenvalue weighted by Gasteiger charge is 2.04. The van der Waals surface area contributed by atoms with Gasteiger partial charge in [-0.1, -0.05) is 0 Å². The topological polar surface area (TPSA) is 34.1 Å². The number of fused-ring (bicyclic) bond motifs is 1. The SMILES string of the molecule is CNCCc1cc(C)c2cc(OC)ccc2n1. The number of hydrogen-bond donors (Lipinski definition) is 1. The van der Waals surface area contributed by atoms with Crippen molar-refractivity contribution in [3.05, 3.63) is 35.5 Å². The Morgan fingerprint density at radius 3 is 2.82 bits per heavy atom. The molecule has 90 valence electrons. The summed E-state index contributed by atoms with van der Waals surface area (Å²) in [6.07, 6.45) is 0.958. The van der Waals surface area contributed by atoms with Crippen molar-refractivity contribution in [1.82, 2.24) is 10.3 Å². The van der Waals surface area contributed by atoms with Gasteiger partial charge < -0.3 is 10.1 Å². The maximum absolute atomic E-state index is 5.23. The molecule has 1 heterocycles. The number of ether oxygens (including phenoxy) is 1. The molecular weight excluding hydrogens is 212 g/mol. The van der Waals surface area contributed by atoms with Crippen molar-refractivity contribution >= 4 is 10.9 Å². The van der Waals surface area contributed by atoms with Crippen LogP contribution in [0.15, 0.2) is 24.3 Å². The van der Waals surface area contributed by atoms with Gasteiger partial charge in [-0.15, -0.1) is 0 Å². The monoisotopic (exact) mass is 230 g/mol. The van der Waals surface area contributed by atoms with E-state index in [4.69, 9.17) is 4.74 Å². The normalized spacial score (nSPS) is 10.8. The van der Waals surface area contributed by atoms with Crippen molar-refractivity contribution in [2.24, 2.45) is 0 Å². The Hall–Kier alpha value is -1.61. The zero-order valence-corrected chi connectivity index (χ0v) is 10.6. The Bertz CT molecular complexity index is 523. The summed E-state index contributed by atoms with van der Waals surface area (Å²) in [6, 6.07) is 8.17. The van der Waals surface area contributed by atoms with E-state index in [2.05, 4.69) is 23.3 Å². The molecule has 0 unspecified atom stereocenters. The van der Waals surface area contributed by atoms with Crippen molar-refractivity contribution in [1.29, 1.82) is 0 Å². The third-order valence-electron chi connectivity index (χ3n) is 2.91. The average molecular weight is 230 g/mol. The maximum atomic E-state index is 5.23. The molecule has 0 saturated heterocycles. The molecule has 0 saturated carbocycles. The van der Waals surface area contributed by atoms with Crippen LogP contribution in [0.25, 0.3) is 10.9 Å². The fourth-order valence-electron chi connectivity index (χ4n) is 1.95. The maximum Gasteiger partial charge on any atom is 0.119 e. The van der Waals surface area contributed by atoms with Crippen molar-refractivity contribution in [3.8, 4) is 5.75 Å². The Labute approximate surface area is 102 Å². The third-order valence-corrected chi connectivity index (χ3v) is 2.91. The molecule has 0 aliphatic heterocycles. The standard InChI is InChI=1S/C14H18N2O/c1-10-8-11(6-7-15-2)16-14-5-4-12(17-3)9-13(10)14/h4-5,8-9,15H,6-7H2,1-3H3. The van der Waals surface area contributed by atoms with Crippen LogP contribution in [0.4, 0.5) is 0 Å². The number of pyridine rings is 1. The largest absolute Gasteiger partial charge is 0.497 e. The van der Waals surface area contributed by atoms with Gasteiger partial charge >= 0.3 is 0 Å². The highest BCUT2D eigenvalue weighted by atomic mass is 16.5. The van der Waals surface area contributed by atoms with Gasteiger partial charge in [-0.05, 0) is 43.8 Å². The molecule has 3 nitrogen and oxygen atoms in total. The molecule has 2 aromatic rings. The van der Waals surface area contributed by atoms with Crippen LogP contribution in [0.2, 0.25) is 0 Å². The fourth-order valence-corrected chi connectivity index (χ4v) is 1.95. The fraction of sp³-hybridized carbons (Fsp3) is 0.357. The Balaban J connectivity index is 2.44. The molecule has 1 N–H and O–H groups in total. The van der Waals surface area contributed by atoms with E-state index in [9.17, 15) is 0 Å². The Morgan fingerprint density at radius 2 is 2.12 bits per heavy atom. The predicted molar refractivity (Wildman–Crippen MR) is 70.7 cm³/mol. The summed E-state index contributed by atoms with van der Waals surface area (Å²) in [4.78, 5) is 4.65. The first-order valence-electron chi connectivity index (χ1n) is 5.83. The highest BCUT2D eigenvalue weighted by Crippen LogP contribution is 2.23. The van der Waals surface area contributed by atoms with E-state index >= 15 is 0 Å². The molecule has 0 bridgehead atoms. The second kappa shape index (κ2) is 5.15. The number of likely N-dealkylation sites (N-methyl/N-ethyl adjacent to an activating group) is 1. The van der Waals surface area contributed by atoms with Gasteiger partial charge in [-0.3, -0.25) is 4.98 Å². The smallest absolute Gasteiger partial charge is 0.119 e. The summed E-state index contributed by atoms with van der Waals surface area (Å²) in [5.41, 5.74) is 3.42. The molecule has 2 rings (SSSR count). The summed E-state index contributed by atoms with van der Waals surface area (Å²) in [7, 11) is 3.64. The first-order valence-corrected chi connectivity index (χ1v) is 5.83. The second-order valence-electron chi connectivity index (χ2n) is 4.17. The van der Waals surface area contributed by atoms with Crippen LogP contribution >= 0.6 is 0 Å². The Kier molecular flexibility index (Phi) is 3.59. The van der Waals surface area contributed by atoms with Crippen LogP contribution < -0.4 is 10.1 Å². The first kappa shape index (κ1) is 11.9. The molecule has 1 aromatic carbocycles. The van der Waals surface area contributed by atoms with E-state index in [1.807, 2.05) is 25.2 Å². The Morgan fingerprint density at radius 1 is 1.29 bits per heavy atom. The van der Waals surface area contributed by atoms with E-state index < -0.39 is 0 Å². The molecule has 0 amide bonds. The van der Waals surface area contributed by atoms with Gasteiger partial charge in [0.05, 0.1) is 12.6 Å². The summed E-state index contributed by atoms with van der Waals surface area (Å²) in [5.74, 6) is 0.880. The summed E-state index contributed by atoms with van der Waals surface area (Å²) in [5, 5.41) is 4.31. The van der Waals surface area contributed by atoms with Crippen LogP contribution in [0.5, 0.6) is 5.75 Å². The lowest BCUT2D eigenvalue weighted by molar-refractivity contribution is 0.415. The number of benzene rings is 1. The van der Waals surface area contributed by atoms with Crippen LogP contribution in [-0.4, -0.2) is 25.7 Å². The van der Waals surface area contributed by atoms with Gasteiger partial charge in [0.25, 0.3) is 0 Å². The van der Waals surface area contributed by atoms with Crippen LogP contribution in [-0.2, 0) is 6.42 Å². The van der Waals surface area contributed by atoms with Crippen LogP contribution in [0.3, 0.4) is 0 Å². The zero-order valence-electron chi connectivity index (χ0n) is 10.6.